The van der Waals surface area contributed by atoms with Crippen molar-refractivity contribution in [1.29, 1.82) is 0 Å². The lowest BCUT2D eigenvalue weighted by atomic mass is 9.92. The molecule has 314 valence electrons. The second-order valence-corrected chi connectivity index (χ2v) is 12.7. The highest BCUT2D eigenvalue weighted by Crippen LogP contribution is 2.26. The summed E-state index contributed by atoms with van der Waals surface area (Å²) in [7, 11) is 4.49. The maximum Gasteiger partial charge on any atom is 0.316 e. The third-order valence-electron chi connectivity index (χ3n) is 8.25. The van der Waals surface area contributed by atoms with Crippen molar-refractivity contribution in [3.63, 3.8) is 0 Å². The van der Waals surface area contributed by atoms with Crippen molar-refractivity contribution < 1.29 is 38.8 Å². The molecule has 0 aromatic carbocycles. The van der Waals surface area contributed by atoms with Crippen LogP contribution in [-0.4, -0.2) is 105 Å². The third-order valence-corrected chi connectivity index (χ3v) is 8.25. The van der Waals surface area contributed by atoms with Gasteiger partial charge in [0.1, 0.15) is 0 Å². The van der Waals surface area contributed by atoms with E-state index in [4.69, 9.17) is 14.6 Å². The van der Waals surface area contributed by atoms with Gasteiger partial charge in [0.2, 0.25) is 5.91 Å². The van der Waals surface area contributed by atoms with Gasteiger partial charge in [-0.15, -0.1) is 0 Å². The summed E-state index contributed by atoms with van der Waals surface area (Å²) in [6, 6.07) is 0.892. The quantitative estimate of drug-likeness (QED) is 0.0758. The highest BCUT2D eigenvalue weighted by atomic mass is 16.5. The zero-order valence-corrected chi connectivity index (χ0v) is 32.9. The van der Waals surface area contributed by atoms with Gasteiger partial charge in [-0.1, -0.05) is 71.4 Å². The number of carbonyl (C=O) groups is 3. The number of rotatable bonds is 21. The van der Waals surface area contributed by atoms with Gasteiger partial charge in [-0.2, -0.15) is 0 Å². The maximum atomic E-state index is 11.9. The lowest BCUT2D eigenvalue weighted by Gasteiger charge is -2.15. The van der Waals surface area contributed by atoms with E-state index in [0.717, 1.165) is 75.6 Å². The molecule has 1 aliphatic rings. The smallest absolute Gasteiger partial charge is 0.316 e. The number of ether oxygens (including phenoxy) is 3. The van der Waals surface area contributed by atoms with E-state index >= 15 is 0 Å². The van der Waals surface area contributed by atoms with Crippen LogP contribution < -0.4 is 24.8 Å². The molecule has 0 saturated carbocycles. The van der Waals surface area contributed by atoms with Crippen LogP contribution in [0.15, 0.2) is 48.2 Å². The highest BCUT2D eigenvalue weighted by molar-refractivity contribution is 5.97. The van der Waals surface area contributed by atoms with E-state index in [1.807, 2.05) is 6.08 Å². The molecule has 4 rings (SSSR count). The molecule has 17 nitrogen and oxygen atoms in total. The fraction of sp³-hybridized carbons (Fsp3) is 0.550. The Morgan fingerprint density at radius 3 is 1.88 bits per heavy atom. The van der Waals surface area contributed by atoms with E-state index in [2.05, 4.69) is 57.2 Å². The molecule has 0 aliphatic carbocycles. The number of aliphatic carboxylic acids is 1. The summed E-state index contributed by atoms with van der Waals surface area (Å²) in [5.74, 6) is -0.402. The summed E-state index contributed by atoms with van der Waals surface area (Å²) >= 11 is 0. The number of nitrogens with zero attached hydrogens (tertiary/aromatic N) is 7. The van der Waals surface area contributed by atoms with Gasteiger partial charge in [-0.25, -0.2) is 29.9 Å². The number of methoxy groups -OCH3 is 3. The fourth-order valence-electron chi connectivity index (χ4n) is 5.19. The topological polar surface area (TPSA) is 233 Å². The second kappa shape index (κ2) is 30.6. The van der Waals surface area contributed by atoms with Gasteiger partial charge in [-0.05, 0) is 37.2 Å². The van der Waals surface area contributed by atoms with Crippen LogP contribution >= 0.6 is 0 Å². The highest BCUT2D eigenvalue weighted by Gasteiger charge is 2.17. The van der Waals surface area contributed by atoms with Crippen LogP contribution in [0.2, 0.25) is 0 Å². The predicted octanol–water partition coefficient (Wildman–Crippen LogP) is 5.61. The van der Waals surface area contributed by atoms with Crippen molar-refractivity contribution in [3.8, 4) is 18.0 Å². The SMILES string of the molecule is C.CCCCCCC(O)/C=C/c1cnc(OC)nc1.COc1ncc(C=O)cn1.COc1ncc([C@@H](CCCCCCC(=O)NC2=NCCCN2)CC(=O)O)cn1. The third kappa shape index (κ3) is 22.5. The van der Waals surface area contributed by atoms with E-state index < -0.39 is 5.97 Å². The molecule has 0 radical (unpaired) electrons. The minimum absolute atomic E-state index is 0. The van der Waals surface area contributed by atoms with Crippen LogP contribution in [-0.2, 0) is 9.59 Å². The van der Waals surface area contributed by atoms with Gasteiger partial charge in [-0.3, -0.25) is 24.7 Å². The number of hydrogen-bond donors (Lipinski definition) is 4. The van der Waals surface area contributed by atoms with E-state index in [9.17, 15) is 19.5 Å². The first-order valence-electron chi connectivity index (χ1n) is 18.9. The van der Waals surface area contributed by atoms with E-state index in [0.29, 0.717) is 30.2 Å². The summed E-state index contributed by atoms with van der Waals surface area (Å²) in [5, 5.41) is 24.8. The predicted molar refractivity (Wildman–Crippen MR) is 217 cm³/mol. The Labute approximate surface area is 336 Å². The van der Waals surface area contributed by atoms with Crippen molar-refractivity contribution >= 4 is 30.2 Å². The monoisotopic (exact) mass is 795 g/mol. The molecular weight excluding hydrogens is 734 g/mol. The first kappa shape index (κ1) is 49.4. The average Bonchev–Trinajstić information content (AvgIpc) is 3.23. The molecule has 1 aliphatic heterocycles. The molecule has 1 amide bonds. The molecule has 0 bridgehead atoms. The van der Waals surface area contributed by atoms with E-state index in [1.54, 1.807) is 30.9 Å². The van der Waals surface area contributed by atoms with Gasteiger partial charge in [0.15, 0.2) is 12.2 Å². The number of carboxylic acids is 1. The maximum absolute atomic E-state index is 11.9. The fourth-order valence-corrected chi connectivity index (χ4v) is 5.19. The lowest BCUT2D eigenvalue weighted by Crippen LogP contribution is -2.43. The molecular formula is C40H61N9O8. The number of aliphatic hydroxyl groups is 1. The molecule has 4 heterocycles. The number of guanidine groups is 1. The number of nitrogens with one attached hydrogen (secondary N) is 2. The number of aliphatic hydroxyl groups excluding tert-OH is 1. The van der Waals surface area contributed by atoms with Gasteiger partial charge >= 0.3 is 24.0 Å². The minimum Gasteiger partial charge on any atom is -0.481 e. The summed E-state index contributed by atoms with van der Waals surface area (Å²) in [5.41, 5.74) is 2.12. The second-order valence-electron chi connectivity index (χ2n) is 12.7. The molecule has 4 N–H and O–H groups in total. The molecule has 17 heteroatoms. The number of hydrogen-bond acceptors (Lipinski definition) is 15. The Morgan fingerprint density at radius 2 is 1.35 bits per heavy atom. The van der Waals surface area contributed by atoms with E-state index in [-0.39, 0.29) is 43.8 Å². The van der Waals surface area contributed by atoms with Crippen LogP contribution in [0, 0.1) is 0 Å². The lowest BCUT2D eigenvalue weighted by molar-refractivity contribution is -0.137. The average molecular weight is 796 g/mol. The Kier molecular flexibility index (Phi) is 26.6. The Bertz CT molecular complexity index is 1590. The van der Waals surface area contributed by atoms with E-state index in [1.165, 1.54) is 53.0 Å². The summed E-state index contributed by atoms with van der Waals surface area (Å²) < 4.78 is 14.5. The van der Waals surface area contributed by atoms with Crippen LogP contribution in [0.3, 0.4) is 0 Å². The van der Waals surface area contributed by atoms with Crippen molar-refractivity contribution in [3.05, 3.63) is 59.9 Å². The van der Waals surface area contributed by atoms with Crippen LogP contribution in [0.1, 0.15) is 125 Å². The number of aromatic nitrogens is 6. The normalized spacial score (nSPS) is 12.8. The minimum atomic E-state index is -0.836. The Morgan fingerprint density at radius 1 is 0.807 bits per heavy atom. The first-order chi connectivity index (χ1) is 27.2. The zero-order valence-electron chi connectivity index (χ0n) is 32.9. The first-order valence-corrected chi connectivity index (χ1v) is 18.9. The van der Waals surface area contributed by atoms with Crippen LogP contribution in [0.5, 0.6) is 18.0 Å². The van der Waals surface area contributed by atoms with Crippen LogP contribution in [0.25, 0.3) is 6.08 Å². The molecule has 3 aromatic heterocycles. The molecule has 0 spiro atoms. The van der Waals surface area contributed by atoms with Gasteiger partial charge < -0.3 is 29.7 Å². The van der Waals surface area contributed by atoms with Crippen molar-refractivity contribution in [2.24, 2.45) is 4.99 Å². The standard InChI is InChI=1S/C19H29N5O4.C14H22N2O2.C6H6N2O2.CH4/c1-28-19-22-12-15(13-23-19)14(11-17(26)27)7-4-2-3-5-8-16(25)24-18-20-9-6-10-21-18;1-3-4-5-6-7-13(17)9-8-12-10-15-14(18-2)16-11-12;1-10-6-7-2-5(4-9)3-8-6;/h12-14H,2-11H2,1H3,(H,26,27)(H2,20,21,24,25);8-11,13,17H,3-7H2,1-2H3;2-4H,1H3;1H4/b;9-8+;;/t14-;;;/m0.../s1. The number of carbonyl (C=O) groups excluding carboxylic acids is 2. The summed E-state index contributed by atoms with van der Waals surface area (Å²) in [6.07, 6.45) is 24.7. The molecule has 0 saturated heterocycles. The molecule has 1 unspecified atom stereocenters. The number of amides is 1. The number of aldehydes is 1. The number of aliphatic imine (C=N–C) groups is 1. The molecule has 2 atom stereocenters. The van der Waals surface area contributed by atoms with Crippen molar-refractivity contribution in [2.75, 3.05) is 34.4 Å². The summed E-state index contributed by atoms with van der Waals surface area (Å²) in [4.78, 5) is 60.9. The number of unbranched alkanes of at least 4 members (excludes halogenated alkanes) is 6. The van der Waals surface area contributed by atoms with Gasteiger partial charge in [0.05, 0.1) is 39.4 Å². The molecule has 57 heavy (non-hydrogen) atoms. The molecule has 0 fully saturated rings. The van der Waals surface area contributed by atoms with Crippen molar-refractivity contribution in [1.82, 2.24) is 40.5 Å². The zero-order chi connectivity index (χ0) is 40.8. The summed E-state index contributed by atoms with van der Waals surface area (Å²) in [6.45, 7) is 3.77. The van der Waals surface area contributed by atoms with Crippen LogP contribution in [0.4, 0.5) is 0 Å². The van der Waals surface area contributed by atoms with Crippen molar-refractivity contribution in [2.45, 2.75) is 110 Å². The number of carboxylic acid groups (broad SMARTS) is 1. The Hall–Kier alpha value is -5.58. The largest absolute Gasteiger partial charge is 0.481 e. The van der Waals surface area contributed by atoms with Gasteiger partial charge in [0, 0.05) is 62.3 Å². The molecule has 3 aromatic rings. The Balaban J connectivity index is 0.000000477. The van der Waals surface area contributed by atoms with Gasteiger partial charge in [0.25, 0.3) is 0 Å².